The predicted molar refractivity (Wildman–Crippen MR) is 554 cm³/mol. The quantitative estimate of drug-likeness (QED) is 0.0393. The van der Waals surface area contributed by atoms with E-state index in [2.05, 4.69) is 161 Å². The van der Waals surface area contributed by atoms with E-state index in [4.69, 9.17) is 20.3 Å². The van der Waals surface area contributed by atoms with Crippen molar-refractivity contribution in [3.8, 4) is 6.07 Å². The Morgan fingerprint density at radius 3 is 1.42 bits per heavy atom. The summed E-state index contributed by atoms with van der Waals surface area (Å²) in [7, 11) is 0. The van der Waals surface area contributed by atoms with Crippen LogP contribution in [0.25, 0.3) is 102 Å². The van der Waals surface area contributed by atoms with Crippen LogP contribution in [0.1, 0.15) is 193 Å². The van der Waals surface area contributed by atoms with Gasteiger partial charge in [-0.05, 0) is 311 Å². The van der Waals surface area contributed by atoms with Gasteiger partial charge in [0.15, 0.2) is 11.6 Å². The Balaban J connectivity index is 0.000000126. The van der Waals surface area contributed by atoms with E-state index in [-0.39, 0.29) is 73.0 Å². The Morgan fingerprint density at radius 1 is 0.410 bits per heavy atom. The number of carboxylic acids is 2. The summed E-state index contributed by atoms with van der Waals surface area (Å²) in [5, 5.41) is 30.0. The number of H-pyrrole nitrogens is 3. The number of fused-ring (bicyclic) bond motifs is 6. The fraction of sp³-hybridized carbons (Fsp3) is 0.174. The Morgan fingerprint density at radius 2 is 0.863 bits per heavy atom. The average Bonchev–Trinajstić information content (AvgIpc) is 1.61. The monoisotopic (exact) mass is 1840 g/mol. The molecule has 2 saturated carbocycles. The maximum absolute atomic E-state index is 12.4. The molecule has 0 radical (unpaired) electrons. The van der Waals surface area contributed by atoms with E-state index >= 15 is 0 Å². The minimum absolute atomic E-state index is 0.0134. The number of allylic oxidation sites excluding steroid dienone is 2. The predicted octanol–water partition coefficient (Wildman–Crippen LogP) is 22.3. The van der Waals surface area contributed by atoms with E-state index in [9.17, 15) is 53.8 Å². The van der Waals surface area contributed by atoms with Gasteiger partial charge in [0.05, 0.1) is 83.0 Å². The maximum Gasteiger partial charge on any atom is 0.347 e. The molecule has 6 heterocycles. The van der Waals surface area contributed by atoms with Crippen LogP contribution in [0.15, 0.2) is 268 Å². The van der Waals surface area contributed by atoms with Gasteiger partial charge in [0, 0.05) is 30.4 Å². The number of anilines is 2. The molecule has 20 rings (SSSR count). The van der Waals surface area contributed by atoms with Crippen molar-refractivity contribution in [2.24, 2.45) is 10.9 Å². The van der Waals surface area contributed by atoms with Gasteiger partial charge in [-0.3, -0.25) is 19.2 Å². The molecule has 1 aliphatic heterocycles. The molecule has 2 fully saturated rings. The number of hydrogen-bond acceptors (Lipinski definition) is 19. The van der Waals surface area contributed by atoms with Crippen molar-refractivity contribution >= 4 is 143 Å². The molecular formula is C115H102N12O12. The van der Waals surface area contributed by atoms with Gasteiger partial charge in [-0.2, -0.15) is 5.26 Å². The van der Waals surface area contributed by atoms with Crippen LogP contribution in [-0.2, 0) is 11.2 Å². The van der Waals surface area contributed by atoms with Gasteiger partial charge < -0.3 is 45.5 Å². The summed E-state index contributed by atoms with van der Waals surface area (Å²) in [6.45, 7) is 26.8. The fourth-order valence-electron chi connectivity index (χ4n) is 16.3. The first-order valence-corrected chi connectivity index (χ1v) is 45.3. The summed E-state index contributed by atoms with van der Waals surface area (Å²) in [4.78, 5) is 131. The van der Waals surface area contributed by atoms with Crippen LogP contribution >= 0.6 is 0 Å². The number of aliphatic imine (C=N–C) groups is 1. The summed E-state index contributed by atoms with van der Waals surface area (Å²) in [5.41, 5.74) is 38.1. The second kappa shape index (κ2) is 41.7. The van der Waals surface area contributed by atoms with E-state index in [1.165, 1.54) is 97.1 Å². The molecule has 12 aromatic carbocycles. The van der Waals surface area contributed by atoms with Gasteiger partial charge >= 0.3 is 23.2 Å². The Labute approximate surface area is 800 Å². The van der Waals surface area contributed by atoms with Crippen molar-refractivity contribution < 1.29 is 33.4 Å². The number of nitrogens with zero attached hydrogens (tertiary/aromatic N) is 7. The Kier molecular flexibility index (Phi) is 28.8. The first-order chi connectivity index (χ1) is 66.6. The van der Waals surface area contributed by atoms with Crippen LogP contribution in [0, 0.1) is 100 Å². The molecule has 17 aromatic rings. The number of nitriles is 1. The molecule has 2 aliphatic carbocycles. The number of carboxylic acid groups (broad SMARTS) is 2. The second-order valence-corrected chi connectivity index (χ2v) is 35.3. The summed E-state index contributed by atoms with van der Waals surface area (Å²) in [6.07, 6.45) is 13.0. The summed E-state index contributed by atoms with van der Waals surface area (Å²) in [6, 6.07) is 74.0. The second-order valence-electron chi connectivity index (χ2n) is 35.3. The summed E-state index contributed by atoms with van der Waals surface area (Å²) < 4.78 is 10.5. The highest BCUT2D eigenvalue weighted by atomic mass is 16.4. The molecule has 4 unspecified atom stereocenters. The van der Waals surface area contributed by atoms with Gasteiger partial charge in [-0.25, -0.2) is 49.1 Å². The van der Waals surface area contributed by atoms with Gasteiger partial charge in [-0.15, -0.1) is 0 Å². The Hall–Kier alpha value is -17.3. The minimum Gasteiger partial charge on any atom is -0.478 e. The lowest BCUT2D eigenvalue weighted by molar-refractivity contribution is -0.112. The lowest BCUT2D eigenvalue weighted by atomic mass is 9.95. The van der Waals surface area contributed by atoms with Crippen LogP contribution < -0.4 is 39.4 Å². The number of nitrogen functional groups attached to an aromatic ring is 2. The molecule has 3 aliphatic rings. The number of aromatic nitrogens is 8. The zero-order chi connectivity index (χ0) is 98.9. The number of aryl methyl sites for hydroxylation is 12. The molecule has 24 nitrogen and oxygen atoms in total. The Bertz CT molecular complexity index is 8350. The number of benzene rings is 12. The molecule has 4 atom stereocenters. The highest BCUT2D eigenvalue weighted by Crippen LogP contribution is 2.54. The fourth-order valence-corrected chi connectivity index (χ4v) is 16.3. The number of ketones is 1. The van der Waals surface area contributed by atoms with Crippen molar-refractivity contribution in [1.82, 2.24) is 39.9 Å². The van der Waals surface area contributed by atoms with E-state index < -0.39 is 28.7 Å². The minimum atomic E-state index is -1.18. The number of Topliss-reactive ketones (excluding diaryl/α,β-unsaturated/α-hetero) is 1. The highest BCUT2D eigenvalue weighted by Gasteiger charge is 2.46. The molecule has 9 N–H and O–H groups in total. The zero-order valence-corrected chi connectivity index (χ0v) is 79.1. The van der Waals surface area contributed by atoms with Gasteiger partial charge in [0.2, 0.25) is 11.8 Å². The molecule has 139 heavy (non-hydrogen) atoms. The third-order valence-corrected chi connectivity index (χ3v) is 25.5. The number of nitrogens with one attached hydrogen (secondary N) is 3. The lowest BCUT2D eigenvalue weighted by Crippen LogP contribution is -2.22. The number of hydrogen-bond donors (Lipinski definition) is 7. The van der Waals surface area contributed by atoms with E-state index in [1.807, 2.05) is 150 Å². The van der Waals surface area contributed by atoms with Crippen LogP contribution in [0.5, 0.6) is 0 Å². The zero-order valence-electron chi connectivity index (χ0n) is 79.1. The van der Waals surface area contributed by atoms with Crippen LogP contribution in [-0.4, -0.2) is 73.5 Å². The van der Waals surface area contributed by atoms with E-state index in [1.54, 1.807) is 66.8 Å². The molecule has 5 aromatic heterocycles. The first kappa shape index (κ1) is 96.3. The van der Waals surface area contributed by atoms with Gasteiger partial charge in [-0.1, -0.05) is 170 Å². The molecule has 0 spiro atoms. The molecular weight excluding hydrogens is 1740 g/mol. The van der Waals surface area contributed by atoms with E-state index in [0.717, 1.165) is 80.1 Å². The summed E-state index contributed by atoms with van der Waals surface area (Å²) in [5.74, 6) is 1.18. The normalized spacial score (nSPS) is 14.7. The summed E-state index contributed by atoms with van der Waals surface area (Å²) >= 11 is 0. The molecule has 0 saturated heterocycles. The number of rotatable bonds is 14. The number of carbonyl (C=O) groups excluding carboxylic acids is 1. The SMILES string of the molecule is C/C(=C\c1nc2c(N)cccc2c(=O)o1)c1ccc(C)c(C)c1.Cc1ccc(/C=C(\C#N)c2nc3c(C(=O)O)cccc3c(=O)[nH]2)cc1C.Cc1ccc(/C=C/c2nc3c(C(=O)O)cccc3c(=O)[nH]2)cc1C.Cc1ccc(/C=C/c2nc3c(N)cccc3c(=O)o2)cc1C.Cc1ccc(C2CC2C2=Nc3ccccc3CC2=O)cc1C.Cc1ccc(C2CC2c2nc3ccccc3c(=O)[nH]2)cc1C. The smallest absolute Gasteiger partial charge is 0.347 e. The number of para-hydroxylation sites is 6. The van der Waals surface area contributed by atoms with Gasteiger partial charge in [0.25, 0.3) is 16.7 Å². The number of aromatic amines is 3. The van der Waals surface area contributed by atoms with Crippen molar-refractivity contribution in [2.45, 2.75) is 127 Å². The van der Waals surface area contributed by atoms with Crippen LogP contribution in [0.2, 0.25) is 0 Å². The highest BCUT2D eigenvalue weighted by molar-refractivity contribution is 6.43. The van der Waals surface area contributed by atoms with Crippen molar-refractivity contribution in [3.63, 3.8) is 0 Å². The van der Waals surface area contributed by atoms with Crippen LogP contribution in [0.3, 0.4) is 0 Å². The lowest BCUT2D eigenvalue weighted by Gasteiger charge is -2.14. The molecule has 694 valence electrons. The van der Waals surface area contributed by atoms with Crippen molar-refractivity contribution in [3.05, 3.63) is 429 Å². The number of nitrogens with two attached hydrogens (primary N) is 2. The molecule has 24 heteroatoms. The third kappa shape index (κ3) is 22.5. The topological polar surface area (TPSA) is 403 Å². The van der Waals surface area contributed by atoms with E-state index in [0.29, 0.717) is 74.5 Å². The third-order valence-electron chi connectivity index (χ3n) is 25.5. The van der Waals surface area contributed by atoms with Crippen molar-refractivity contribution in [2.75, 3.05) is 11.5 Å². The first-order valence-electron chi connectivity index (χ1n) is 45.3. The van der Waals surface area contributed by atoms with Crippen molar-refractivity contribution in [1.29, 1.82) is 5.26 Å². The molecule has 0 bridgehead atoms. The standard InChI is InChI=1S/C20H15N3O3.C20H19NO.C19H16N2O3.C19H18N2O2.C19H18N2O.C18H16N2O2/c1-11-6-7-13(8-12(11)2)9-14(10-21)18-22-17-15(19(24)23-18)4-3-5-16(17)20(25)26;1-12-7-8-14(9-13(12)2)16-11-17(16)20-19(22)10-15-5-3-4-6-18(15)21-20;1-11-6-7-13(10-12(11)2)8-9-16-20-17-14(18(22)21-16)4-3-5-15(17)19(23)24;1-11-7-8-14(9-12(11)2)13(3)10-17-21-18-15(19(22)23-17)5-4-6-16(18)20;1-11-7-8-13(9-12(11)2)15-10-16(15)18-20-17-6-4-3-5-14(17)19(22)21-18;1-11-6-7-13(10-12(11)2)8-9-16-20-17-14(18(21)22-16)4-3-5-15(17)19/h3-9H,1-2H3,(H,25,26)(H,22,23,24);3-9,16-17H,10-11H2,1-2H3;3-10H,1-2H3,(H,23,24)(H,20,21,22);4-10H,20H2,1-3H3;3-9,15-16H,10H2,1-2H3,(H,20,21,22);3-10H,19H2,1-2H3/b14-9+;;9-8+;13-10+;;9-8+. The van der Waals surface area contributed by atoms with Gasteiger partial charge in [0.1, 0.15) is 28.8 Å². The maximum atomic E-state index is 12.4. The largest absolute Gasteiger partial charge is 0.478 e. The number of aromatic carboxylic acids is 2. The number of carbonyl (C=O) groups is 3. The average molecular weight is 1840 g/mol. The van der Waals surface area contributed by atoms with Crippen LogP contribution in [0.4, 0.5) is 17.1 Å². The molecule has 0 amide bonds.